The quantitative estimate of drug-likeness (QED) is 0.802. The minimum Gasteiger partial charge on any atom is -0.368 e. The van der Waals surface area contributed by atoms with Gasteiger partial charge in [-0.2, -0.15) is 0 Å². The number of pyridine rings is 1. The second-order valence-corrected chi connectivity index (χ2v) is 5.18. The van der Waals surface area contributed by atoms with E-state index in [1.807, 2.05) is 6.92 Å². The minimum absolute atomic E-state index is 0.0432. The highest BCUT2D eigenvalue weighted by atomic mass is 79.9. The highest BCUT2D eigenvalue weighted by Crippen LogP contribution is 2.25. The molecule has 0 radical (unpaired) electrons. The summed E-state index contributed by atoms with van der Waals surface area (Å²) in [6.45, 7) is 2.43. The lowest BCUT2D eigenvalue weighted by Gasteiger charge is -2.11. The van der Waals surface area contributed by atoms with Crippen molar-refractivity contribution in [3.8, 4) is 0 Å². The minimum atomic E-state index is -0.849. The smallest absolute Gasteiger partial charge is 0.169 e. The lowest BCUT2D eigenvalue weighted by atomic mass is 10.3. The van der Waals surface area contributed by atoms with Crippen molar-refractivity contribution in [1.29, 1.82) is 0 Å². The van der Waals surface area contributed by atoms with Gasteiger partial charge in [0.25, 0.3) is 0 Å². The fourth-order valence-electron chi connectivity index (χ4n) is 1.63. The van der Waals surface area contributed by atoms with Gasteiger partial charge in [-0.15, -0.1) is 0 Å². The summed E-state index contributed by atoms with van der Waals surface area (Å²) >= 11 is 3.03. The molecule has 0 aliphatic rings. The normalized spacial score (nSPS) is 10.5. The van der Waals surface area contributed by atoms with Crippen molar-refractivity contribution in [2.75, 3.05) is 17.2 Å². The van der Waals surface area contributed by atoms with Crippen LogP contribution in [0.15, 0.2) is 28.7 Å². The first-order valence-electron chi connectivity index (χ1n) is 6.33. The molecular formula is C14H13BrF3N3. The second kappa shape index (κ2) is 6.80. The van der Waals surface area contributed by atoms with Crippen molar-refractivity contribution in [3.63, 3.8) is 0 Å². The Balaban J connectivity index is 2.28. The van der Waals surface area contributed by atoms with E-state index in [2.05, 4.69) is 31.5 Å². The molecule has 0 fully saturated rings. The Hall–Kier alpha value is -1.76. The van der Waals surface area contributed by atoms with Gasteiger partial charge in [0.05, 0.1) is 4.47 Å². The zero-order chi connectivity index (χ0) is 15.4. The first-order chi connectivity index (χ1) is 10.0. The zero-order valence-corrected chi connectivity index (χ0v) is 12.8. The SMILES string of the molecule is CCCNc1nc(Nc2ccc(Br)c(F)c2)c(F)cc1F. The molecule has 0 atom stereocenters. The summed E-state index contributed by atoms with van der Waals surface area (Å²) in [6.07, 6.45) is 0.777. The van der Waals surface area contributed by atoms with E-state index in [0.29, 0.717) is 16.7 Å². The second-order valence-electron chi connectivity index (χ2n) is 4.33. The zero-order valence-electron chi connectivity index (χ0n) is 11.2. The molecule has 2 N–H and O–H groups in total. The average Bonchev–Trinajstić information content (AvgIpc) is 2.44. The molecule has 1 heterocycles. The molecule has 0 saturated heterocycles. The highest BCUT2D eigenvalue weighted by molar-refractivity contribution is 9.10. The molecule has 1 aromatic carbocycles. The standard InChI is InChI=1S/C14H13BrF3N3/c1-2-5-19-13-11(17)7-12(18)14(21-13)20-8-3-4-9(15)10(16)6-8/h3-4,6-7H,2,5H2,1H3,(H2,19,20,21). The Bertz CT molecular complexity index is 650. The van der Waals surface area contributed by atoms with Gasteiger partial charge in [0.1, 0.15) is 5.82 Å². The van der Waals surface area contributed by atoms with Crippen LogP contribution in [0.25, 0.3) is 0 Å². The largest absolute Gasteiger partial charge is 0.368 e. The fourth-order valence-corrected chi connectivity index (χ4v) is 1.88. The number of rotatable bonds is 5. The first kappa shape index (κ1) is 15.6. The number of aromatic nitrogens is 1. The summed E-state index contributed by atoms with van der Waals surface area (Å²) in [4.78, 5) is 3.85. The lowest BCUT2D eigenvalue weighted by Crippen LogP contribution is -2.07. The number of nitrogens with zero attached hydrogens (tertiary/aromatic N) is 1. The summed E-state index contributed by atoms with van der Waals surface area (Å²) in [5.74, 6) is -2.33. The Labute approximate surface area is 128 Å². The van der Waals surface area contributed by atoms with E-state index in [1.165, 1.54) is 12.1 Å². The van der Waals surface area contributed by atoms with E-state index in [4.69, 9.17) is 0 Å². The molecule has 0 aliphatic heterocycles. The van der Waals surface area contributed by atoms with Crippen LogP contribution < -0.4 is 10.6 Å². The maximum absolute atomic E-state index is 13.7. The third-order valence-corrected chi connectivity index (χ3v) is 3.30. The molecular weight excluding hydrogens is 347 g/mol. The Morgan fingerprint density at radius 3 is 2.43 bits per heavy atom. The van der Waals surface area contributed by atoms with Crippen LogP contribution in [0.1, 0.15) is 13.3 Å². The van der Waals surface area contributed by atoms with Crippen LogP contribution >= 0.6 is 15.9 Å². The van der Waals surface area contributed by atoms with Gasteiger partial charge in [0.15, 0.2) is 23.3 Å². The van der Waals surface area contributed by atoms with Crippen LogP contribution in [-0.2, 0) is 0 Å². The van der Waals surface area contributed by atoms with Crippen molar-refractivity contribution in [3.05, 3.63) is 46.2 Å². The number of hydrogen-bond donors (Lipinski definition) is 2. The van der Waals surface area contributed by atoms with Crippen LogP contribution in [0.3, 0.4) is 0 Å². The summed E-state index contributed by atoms with van der Waals surface area (Å²) in [6, 6.07) is 4.96. The van der Waals surface area contributed by atoms with E-state index >= 15 is 0 Å². The monoisotopic (exact) mass is 359 g/mol. The van der Waals surface area contributed by atoms with Crippen molar-refractivity contribution < 1.29 is 13.2 Å². The maximum Gasteiger partial charge on any atom is 0.169 e. The summed E-state index contributed by atoms with van der Waals surface area (Å²) < 4.78 is 41.0. The summed E-state index contributed by atoms with van der Waals surface area (Å²) in [5, 5.41) is 5.39. The van der Waals surface area contributed by atoms with E-state index in [-0.39, 0.29) is 11.6 Å². The molecule has 0 unspecified atom stereocenters. The van der Waals surface area contributed by atoms with Gasteiger partial charge in [-0.1, -0.05) is 6.92 Å². The molecule has 0 saturated carbocycles. The van der Waals surface area contributed by atoms with Crippen LogP contribution in [-0.4, -0.2) is 11.5 Å². The van der Waals surface area contributed by atoms with Gasteiger partial charge in [-0.05, 0) is 40.5 Å². The van der Waals surface area contributed by atoms with Crippen molar-refractivity contribution in [2.24, 2.45) is 0 Å². The Morgan fingerprint density at radius 2 is 1.76 bits per heavy atom. The third-order valence-electron chi connectivity index (χ3n) is 2.65. The Morgan fingerprint density at radius 1 is 1.05 bits per heavy atom. The van der Waals surface area contributed by atoms with E-state index in [0.717, 1.165) is 12.5 Å². The molecule has 3 nitrogen and oxygen atoms in total. The number of anilines is 3. The van der Waals surface area contributed by atoms with Crippen molar-refractivity contribution in [2.45, 2.75) is 13.3 Å². The molecule has 21 heavy (non-hydrogen) atoms. The fraction of sp³-hybridized carbons (Fsp3) is 0.214. The number of benzene rings is 1. The average molecular weight is 360 g/mol. The summed E-state index contributed by atoms with van der Waals surface area (Å²) in [7, 11) is 0. The number of halogens is 4. The maximum atomic E-state index is 13.7. The van der Waals surface area contributed by atoms with Crippen LogP contribution in [0, 0.1) is 17.5 Å². The van der Waals surface area contributed by atoms with Gasteiger partial charge < -0.3 is 10.6 Å². The molecule has 112 valence electrons. The van der Waals surface area contributed by atoms with Gasteiger partial charge in [-0.3, -0.25) is 0 Å². The molecule has 0 aliphatic carbocycles. The van der Waals surface area contributed by atoms with Gasteiger partial charge in [-0.25, -0.2) is 18.2 Å². The molecule has 1 aromatic heterocycles. The molecule has 2 rings (SSSR count). The number of hydrogen-bond acceptors (Lipinski definition) is 3. The predicted molar refractivity (Wildman–Crippen MR) is 80.3 cm³/mol. The predicted octanol–water partition coefficient (Wildman–Crippen LogP) is 4.83. The third kappa shape index (κ3) is 3.87. The van der Waals surface area contributed by atoms with Crippen molar-refractivity contribution in [1.82, 2.24) is 4.98 Å². The molecule has 0 bridgehead atoms. The highest BCUT2D eigenvalue weighted by Gasteiger charge is 2.12. The summed E-state index contributed by atoms with van der Waals surface area (Å²) in [5.41, 5.74) is 0.315. The van der Waals surface area contributed by atoms with E-state index in [1.54, 1.807) is 6.07 Å². The molecule has 0 spiro atoms. The Kier molecular flexibility index (Phi) is 5.06. The van der Waals surface area contributed by atoms with Gasteiger partial charge in [0, 0.05) is 18.3 Å². The lowest BCUT2D eigenvalue weighted by molar-refractivity contribution is 0.579. The van der Waals surface area contributed by atoms with Crippen LogP contribution in [0.4, 0.5) is 30.5 Å². The molecule has 0 amide bonds. The van der Waals surface area contributed by atoms with E-state index in [9.17, 15) is 13.2 Å². The topological polar surface area (TPSA) is 37.0 Å². The molecule has 7 heteroatoms. The van der Waals surface area contributed by atoms with Crippen LogP contribution in [0.5, 0.6) is 0 Å². The molecule has 2 aromatic rings. The first-order valence-corrected chi connectivity index (χ1v) is 7.12. The van der Waals surface area contributed by atoms with Crippen molar-refractivity contribution >= 4 is 33.3 Å². The van der Waals surface area contributed by atoms with Crippen LogP contribution in [0.2, 0.25) is 0 Å². The number of nitrogens with one attached hydrogen (secondary N) is 2. The van der Waals surface area contributed by atoms with Gasteiger partial charge in [0.2, 0.25) is 0 Å². The van der Waals surface area contributed by atoms with Gasteiger partial charge >= 0.3 is 0 Å². The van der Waals surface area contributed by atoms with E-state index < -0.39 is 17.5 Å².